The van der Waals surface area contributed by atoms with Crippen LogP contribution in [-0.2, 0) is 14.3 Å². The quantitative estimate of drug-likeness (QED) is 0.511. The van der Waals surface area contributed by atoms with E-state index in [4.69, 9.17) is 18.7 Å². The van der Waals surface area contributed by atoms with E-state index in [1.165, 1.54) is 19.2 Å². The van der Waals surface area contributed by atoms with Crippen LogP contribution in [0.15, 0.2) is 34.9 Å². The van der Waals surface area contributed by atoms with Crippen LogP contribution in [-0.4, -0.2) is 69.0 Å². The zero-order valence-electron chi connectivity index (χ0n) is 23.6. The fourth-order valence-electron chi connectivity index (χ4n) is 2.96. The summed E-state index contributed by atoms with van der Waals surface area (Å²) in [7, 11) is 3.20. The van der Waals surface area contributed by atoms with E-state index in [9.17, 15) is 18.0 Å². The number of alkyl halides is 3. The Balaban J connectivity index is 0.000000390. The Morgan fingerprint density at radius 3 is 2.05 bits per heavy atom. The van der Waals surface area contributed by atoms with Crippen LogP contribution in [0.3, 0.4) is 0 Å². The molecule has 2 aliphatic rings. The average Bonchev–Trinajstić information content (AvgIpc) is 3.18. The van der Waals surface area contributed by atoms with Gasteiger partial charge >= 0.3 is 6.36 Å². The van der Waals surface area contributed by atoms with E-state index >= 15 is 0 Å². The van der Waals surface area contributed by atoms with Gasteiger partial charge in [0.05, 0.1) is 31.1 Å². The predicted octanol–water partition coefficient (Wildman–Crippen LogP) is 4.56. The lowest BCUT2D eigenvalue weighted by atomic mass is 10.0. The second kappa shape index (κ2) is 16.6. The zero-order chi connectivity index (χ0) is 29.5. The molecule has 39 heavy (non-hydrogen) atoms. The standard InChI is InChI=1S/C16H12F3NO3.C5H9NO2.C5H12O.C2H6/c1-21-15-13-9-11(3-2-4-14(13)23-20-15)10-5-7-12(8-6-10)22-16(17,18)19;7-5-6-1-3-8-4-2-6;1-5(2,3)6-4;1-2/h3-9H,2H2,1H3;5H,1-4H2;1-4H3;1-2H3. The Morgan fingerprint density at radius 1 is 1.00 bits per heavy atom. The van der Waals surface area contributed by atoms with Crippen LogP contribution in [0, 0.1) is 0 Å². The number of morpholine rings is 1. The molecular weight excluding hydrogens is 517 g/mol. The highest BCUT2D eigenvalue weighted by atomic mass is 19.4. The van der Waals surface area contributed by atoms with Crippen LogP contribution in [0.2, 0.25) is 0 Å². The Hall–Kier alpha value is -3.31. The Morgan fingerprint density at radius 2 is 1.59 bits per heavy atom. The lowest BCUT2D eigenvalue weighted by Gasteiger charge is -2.21. The minimum Gasteiger partial charge on any atom is -0.478 e. The van der Waals surface area contributed by atoms with Crippen molar-refractivity contribution in [2.75, 3.05) is 40.5 Å². The van der Waals surface area contributed by atoms with Gasteiger partial charge in [0.1, 0.15) is 5.75 Å². The number of methoxy groups -OCH3 is 2. The van der Waals surface area contributed by atoms with E-state index in [2.05, 4.69) is 9.89 Å². The van der Waals surface area contributed by atoms with Crippen LogP contribution >= 0.6 is 0 Å². The van der Waals surface area contributed by atoms with Crippen molar-refractivity contribution in [3.05, 3.63) is 46.5 Å². The van der Waals surface area contributed by atoms with Crippen molar-refractivity contribution in [3.8, 4) is 11.6 Å². The highest BCUT2D eigenvalue weighted by Gasteiger charge is 2.31. The number of rotatable bonds is 4. The number of benzene rings is 1. The van der Waals surface area contributed by atoms with Gasteiger partial charge in [0.15, 0.2) is 5.42 Å². The molecule has 0 N–H and O–H groups in total. The maximum Gasteiger partial charge on any atom is 0.573 e. The number of halogens is 3. The molecule has 1 aromatic carbocycles. The smallest absolute Gasteiger partial charge is 0.478 e. The minimum absolute atomic E-state index is 0.0417. The third kappa shape index (κ3) is 12.9. The molecule has 2 heterocycles. The van der Waals surface area contributed by atoms with E-state index in [1.54, 1.807) is 24.1 Å². The molecule has 1 aromatic heterocycles. The molecule has 218 valence electrons. The van der Waals surface area contributed by atoms with Gasteiger partial charge in [-0.05, 0) is 67.8 Å². The van der Waals surface area contributed by atoms with Crippen molar-refractivity contribution in [1.82, 2.24) is 10.1 Å². The number of carbonyl (C=O) groups is 1. The first-order valence-corrected chi connectivity index (χ1v) is 12.6. The van der Waals surface area contributed by atoms with Crippen LogP contribution in [0.4, 0.5) is 13.2 Å². The highest BCUT2D eigenvalue weighted by Crippen LogP contribution is 2.26. The van der Waals surface area contributed by atoms with Crippen molar-refractivity contribution in [2.24, 2.45) is 0 Å². The van der Waals surface area contributed by atoms with Crippen molar-refractivity contribution in [3.63, 3.8) is 0 Å². The molecule has 0 unspecified atom stereocenters. The summed E-state index contributed by atoms with van der Waals surface area (Å²) >= 11 is 0. The van der Waals surface area contributed by atoms with Crippen molar-refractivity contribution < 1.29 is 41.4 Å². The first-order chi connectivity index (χ1) is 18.5. The summed E-state index contributed by atoms with van der Waals surface area (Å²) in [6.45, 7) is 13.0. The Kier molecular flexibility index (Phi) is 14.4. The molecule has 4 rings (SSSR count). The number of allylic oxidation sites excluding steroid dienone is 2. The van der Waals surface area contributed by atoms with E-state index < -0.39 is 6.36 Å². The van der Waals surface area contributed by atoms with Crippen molar-refractivity contribution in [1.29, 1.82) is 0 Å². The summed E-state index contributed by atoms with van der Waals surface area (Å²) in [5.74, 6) is 0.103. The lowest BCUT2D eigenvalue weighted by molar-refractivity contribution is -0.274. The van der Waals surface area contributed by atoms with Gasteiger partial charge in [-0.15, -0.1) is 13.2 Å². The number of amides is 1. The Labute approximate surface area is 227 Å². The summed E-state index contributed by atoms with van der Waals surface area (Å²) in [5, 5.41) is 4.51. The molecule has 11 heteroatoms. The highest BCUT2D eigenvalue weighted by molar-refractivity contribution is 5.89. The van der Waals surface area contributed by atoms with Crippen LogP contribution in [0.25, 0.3) is 17.7 Å². The molecule has 1 aliphatic heterocycles. The molecular formula is C28H39F3N2O6. The van der Waals surface area contributed by atoms with Gasteiger partial charge in [-0.2, -0.15) is 0 Å². The van der Waals surface area contributed by atoms with E-state index in [0.29, 0.717) is 36.1 Å². The average molecular weight is 557 g/mol. The fraction of sp³-hybridized carbons (Fsp3) is 0.500. The number of hydrogen-bond donors (Lipinski definition) is 0. The number of nitrogens with zero attached hydrogens (tertiary/aromatic N) is 2. The van der Waals surface area contributed by atoms with Gasteiger partial charge in [0, 0.05) is 20.2 Å². The molecule has 2 aromatic rings. The molecule has 0 atom stereocenters. The Bertz CT molecular complexity index is 1130. The molecule has 0 radical (unpaired) electrons. The first-order valence-electron chi connectivity index (χ1n) is 12.6. The largest absolute Gasteiger partial charge is 0.573 e. The summed E-state index contributed by atoms with van der Waals surface area (Å²) < 4.78 is 60.7. The molecule has 0 saturated carbocycles. The number of ether oxygens (including phenoxy) is 4. The molecule has 1 saturated heterocycles. The minimum atomic E-state index is -4.70. The van der Waals surface area contributed by atoms with Gasteiger partial charge in [-0.25, -0.2) is 0 Å². The molecule has 0 spiro atoms. The molecule has 0 bridgehead atoms. The van der Waals surface area contributed by atoms with Gasteiger partial charge in [-0.1, -0.05) is 32.1 Å². The van der Waals surface area contributed by atoms with Crippen molar-refractivity contribution in [2.45, 2.75) is 53.0 Å². The second-order valence-corrected chi connectivity index (χ2v) is 8.86. The second-order valence-electron chi connectivity index (χ2n) is 8.86. The summed E-state index contributed by atoms with van der Waals surface area (Å²) in [6.07, 6.45) is 2.40. The van der Waals surface area contributed by atoms with Crippen LogP contribution < -0.4 is 20.1 Å². The van der Waals surface area contributed by atoms with Crippen LogP contribution in [0.1, 0.15) is 46.6 Å². The monoisotopic (exact) mass is 556 g/mol. The molecule has 1 fully saturated rings. The third-order valence-corrected chi connectivity index (χ3v) is 5.09. The SMILES string of the molecule is CC.COC(C)(C)C.COc1noc2c1=CC(c1ccc(OC(F)(F)F)cc1)=CCC=2.O=CN1CCOCC1. The van der Waals surface area contributed by atoms with E-state index in [-0.39, 0.29) is 11.4 Å². The summed E-state index contributed by atoms with van der Waals surface area (Å²) in [5.41, 5.74) is 2.23. The predicted molar refractivity (Wildman–Crippen MR) is 144 cm³/mol. The van der Waals surface area contributed by atoms with Gasteiger partial charge in [-0.3, -0.25) is 4.79 Å². The zero-order valence-corrected chi connectivity index (χ0v) is 23.6. The molecule has 1 amide bonds. The molecule has 1 aliphatic carbocycles. The topological polar surface area (TPSA) is 83.3 Å². The number of aromatic nitrogens is 1. The number of carbonyl (C=O) groups excluding carboxylic acids is 1. The fourth-order valence-corrected chi connectivity index (χ4v) is 2.96. The maximum absolute atomic E-state index is 12.2. The van der Waals surface area contributed by atoms with E-state index in [0.717, 1.165) is 30.6 Å². The van der Waals surface area contributed by atoms with Crippen LogP contribution in [0.5, 0.6) is 11.6 Å². The normalized spacial score (nSPS) is 14.5. The van der Waals surface area contributed by atoms with E-state index in [1.807, 2.05) is 52.8 Å². The van der Waals surface area contributed by atoms with Gasteiger partial charge in [0.25, 0.3) is 5.88 Å². The first kappa shape index (κ1) is 33.7. The summed E-state index contributed by atoms with van der Waals surface area (Å²) in [6, 6.07) is 5.68. The number of hydrogen-bond acceptors (Lipinski definition) is 7. The van der Waals surface area contributed by atoms with Gasteiger partial charge < -0.3 is 28.4 Å². The third-order valence-electron chi connectivity index (χ3n) is 5.09. The van der Waals surface area contributed by atoms with Gasteiger partial charge in [0.2, 0.25) is 6.41 Å². The van der Waals surface area contributed by atoms with Crippen molar-refractivity contribution >= 4 is 24.1 Å². The molecule has 8 nitrogen and oxygen atoms in total. The number of fused-ring (bicyclic) bond motifs is 1. The lowest BCUT2D eigenvalue weighted by Crippen LogP contribution is -2.34. The maximum atomic E-state index is 12.2. The summed E-state index contributed by atoms with van der Waals surface area (Å²) in [4.78, 5) is 11.7.